The number of benzene rings is 2. The topological polar surface area (TPSA) is 186 Å². The van der Waals surface area contributed by atoms with E-state index < -0.39 is 49.0 Å². The number of rotatable bonds is 8. The first-order valence-corrected chi connectivity index (χ1v) is 10.1. The summed E-state index contributed by atoms with van der Waals surface area (Å²) in [5.41, 5.74) is 0.959. The molecule has 0 amide bonds. The van der Waals surface area contributed by atoms with Crippen molar-refractivity contribution in [1.29, 1.82) is 0 Å². The van der Waals surface area contributed by atoms with Gasteiger partial charge in [-0.2, -0.15) is 0 Å². The van der Waals surface area contributed by atoms with Gasteiger partial charge in [-0.3, -0.25) is 4.79 Å². The van der Waals surface area contributed by atoms with Gasteiger partial charge >= 0.3 is 5.97 Å². The van der Waals surface area contributed by atoms with Gasteiger partial charge in [0.15, 0.2) is 35.4 Å². The molecule has 0 saturated carbocycles. The minimum atomic E-state index is -1.62. The van der Waals surface area contributed by atoms with Gasteiger partial charge in [0.2, 0.25) is 0 Å². The zero-order chi connectivity index (χ0) is 24.1. The largest absolute Gasteiger partial charge is 0.504 e. The van der Waals surface area contributed by atoms with E-state index in [-0.39, 0.29) is 36.7 Å². The van der Waals surface area contributed by atoms with Crippen LogP contribution in [0.5, 0.6) is 23.0 Å². The van der Waals surface area contributed by atoms with Gasteiger partial charge in [0.1, 0.15) is 18.3 Å². The predicted molar refractivity (Wildman–Crippen MR) is 111 cm³/mol. The van der Waals surface area contributed by atoms with Gasteiger partial charge in [0.05, 0.1) is 19.6 Å². The zero-order valence-corrected chi connectivity index (χ0v) is 17.4. The second kappa shape index (κ2) is 10.7. The van der Waals surface area contributed by atoms with Gasteiger partial charge in [-0.05, 0) is 41.8 Å². The van der Waals surface area contributed by atoms with E-state index in [1.807, 2.05) is 0 Å². The number of carbonyl (C=O) groups excluding carboxylic acids is 1. The van der Waals surface area contributed by atoms with E-state index in [1.54, 1.807) is 6.07 Å². The van der Waals surface area contributed by atoms with E-state index in [0.717, 1.165) is 0 Å². The second-order valence-corrected chi connectivity index (χ2v) is 7.60. The van der Waals surface area contributed by atoms with Crippen molar-refractivity contribution in [3.8, 4) is 23.0 Å². The summed E-state index contributed by atoms with van der Waals surface area (Å²) in [7, 11) is 0. The highest BCUT2D eigenvalue weighted by molar-refractivity contribution is 5.73. The summed E-state index contributed by atoms with van der Waals surface area (Å²) in [6.07, 6.45) is -7.11. The first kappa shape index (κ1) is 24.6. The number of hydrogen-bond acceptors (Lipinski definition) is 11. The number of phenols is 4. The molecule has 3 rings (SSSR count). The molecule has 0 radical (unpaired) electrons. The maximum atomic E-state index is 12.4. The fraction of sp³-hybridized carbons (Fsp3) is 0.409. The molecule has 1 aliphatic heterocycles. The summed E-state index contributed by atoms with van der Waals surface area (Å²) >= 11 is 0. The highest BCUT2D eigenvalue weighted by Crippen LogP contribution is 2.28. The Hall–Kier alpha value is -3.09. The molecular weight excluding hydrogens is 440 g/mol. The molecule has 0 bridgehead atoms. The Labute approximate surface area is 188 Å². The Morgan fingerprint density at radius 1 is 0.879 bits per heavy atom. The van der Waals surface area contributed by atoms with Crippen LogP contribution in [0.2, 0.25) is 0 Å². The Balaban J connectivity index is 1.66. The van der Waals surface area contributed by atoms with Crippen molar-refractivity contribution < 1.29 is 54.8 Å². The average Bonchev–Trinajstić information content (AvgIpc) is 2.78. The Kier molecular flexibility index (Phi) is 7.95. The predicted octanol–water partition coefficient (Wildman–Crippen LogP) is -0.338. The molecule has 1 aliphatic rings. The van der Waals surface area contributed by atoms with Crippen molar-refractivity contribution in [2.45, 2.75) is 43.5 Å². The van der Waals surface area contributed by atoms with Crippen molar-refractivity contribution in [3.05, 3.63) is 47.5 Å². The van der Waals surface area contributed by atoms with E-state index in [9.17, 15) is 40.5 Å². The first-order valence-electron chi connectivity index (χ1n) is 10.1. The normalized spacial score (nSPS) is 25.0. The molecule has 0 aliphatic carbocycles. The van der Waals surface area contributed by atoms with Crippen LogP contribution in [-0.2, 0) is 31.8 Å². The van der Waals surface area contributed by atoms with Crippen LogP contribution in [0, 0.1) is 0 Å². The Morgan fingerprint density at radius 2 is 1.48 bits per heavy atom. The summed E-state index contributed by atoms with van der Waals surface area (Å²) in [5.74, 6) is -2.15. The molecule has 1 fully saturated rings. The van der Waals surface area contributed by atoms with Gasteiger partial charge in [0.25, 0.3) is 0 Å². The van der Waals surface area contributed by atoms with E-state index in [1.165, 1.54) is 30.3 Å². The number of esters is 1. The van der Waals surface area contributed by atoms with Crippen molar-refractivity contribution in [2.75, 3.05) is 13.2 Å². The smallest absolute Gasteiger partial charge is 0.310 e. The molecule has 2 aromatic rings. The van der Waals surface area contributed by atoms with E-state index in [2.05, 4.69) is 0 Å². The van der Waals surface area contributed by atoms with Crippen LogP contribution in [0.15, 0.2) is 36.4 Å². The molecule has 0 aromatic heterocycles. The highest BCUT2D eigenvalue weighted by atomic mass is 16.7. The van der Waals surface area contributed by atoms with Gasteiger partial charge in [-0.1, -0.05) is 12.1 Å². The molecule has 0 unspecified atom stereocenters. The summed E-state index contributed by atoms with van der Waals surface area (Å²) in [6.45, 7) is -0.618. The van der Waals surface area contributed by atoms with Crippen molar-refractivity contribution in [1.82, 2.24) is 0 Å². The average molecular weight is 466 g/mol. The van der Waals surface area contributed by atoms with Crippen molar-refractivity contribution in [3.63, 3.8) is 0 Å². The van der Waals surface area contributed by atoms with E-state index >= 15 is 0 Å². The van der Waals surface area contributed by atoms with Gasteiger partial charge in [-0.15, -0.1) is 0 Å². The molecule has 11 nitrogen and oxygen atoms in total. The number of aliphatic hydroxyl groups excluding tert-OH is 3. The van der Waals surface area contributed by atoms with Crippen molar-refractivity contribution in [2.24, 2.45) is 0 Å². The third kappa shape index (κ3) is 6.03. The maximum absolute atomic E-state index is 12.4. The molecule has 11 heteroatoms. The van der Waals surface area contributed by atoms with Crippen LogP contribution in [0.25, 0.3) is 0 Å². The molecule has 7 N–H and O–H groups in total. The first-order chi connectivity index (χ1) is 15.7. The SMILES string of the molecule is O=C(Cc1ccc(O)c(O)c1)O[C@H]1[C@H](OCCc2ccc(O)c(O)c2)O[C@H](CO)[C@@H](O)[C@@H]1O. The number of aromatic hydroxyl groups is 4. The quantitative estimate of drug-likeness (QED) is 0.199. The van der Waals surface area contributed by atoms with Gasteiger partial charge in [0, 0.05) is 0 Å². The highest BCUT2D eigenvalue weighted by Gasteiger charge is 2.47. The third-order valence-electron chi connectivity index (χ3n) is 5.19. The lowest BCUT2D eigenvalue weighted by Gasteiger charge is -2.41. The minimum Gasteiger partial charge on any atom is -0.504 e. The standard InChI is InChI=1S/C22H26O11/c23-10-17-19(29)20(30)21(33-18(28)9-12-2-4-14(25)16(27)8-12)22(32-17)31-6-5-11-1-3-13(24)15(26)7-11/h1-4,7-8,17,19-27,29-30H,5-6,9-10H2/t17-,19-,20+,21-,22-/m1/s1. The summed E-state index contributed by atoms with van der Waals surface area (Å²) < 4.78 is 16.4. The molecule has 5 atom stereocenters. The lowest BCUT2D eigenvalue weighted by molar-refractivity contribution is -0.304. The molecule has 33 heavy (non-hydrogen) atoms. The van der Waals surface area contributed by atoms with Crippen LogP contribution in [0.1, 0.15) is 11.1 Å². The van der Waals surface area contributed by atoms with Crippen LogP contribution < -0.4 is 0 Å². The molecular formula is C22H26O11. The summed E-state index contributed by atoms with van der Waals surface area (Å²) in [5, 5.41) is 67.9. The lowest BCUT2D eigenvalue weighted by atomic mass is 9.99. The third-order valence-corrected chi connectivity index (χ3v) is 5.19. The fourth-order valence-electron chi connectivity index (χ4n) is 3.37. The Bertz CT molecular complexity index is 963. The molecule has 0 spiro atoms. The zero-order valence-electron chi connectivity index (χ0n) is 17.4. The number of hydrogen-bond donors (Lipinski definition) is 7. The number of carbonyl (C=O) groups is 1. The van der Waals surface area contributed by atoms with Crippen molar-refractivity contribution >= 4 is 5.97 Å². The van der Waals surface area contributed by atoms with E-state index in [4.69, 9.17) is 14.2 Å². The van der Waals surface area contributed by atoms with Crippen LogP contribution in [0.3, 0.4) is 0 Å². The molecule has 180 valence electrons. The molecule has 1 heterocycles. The fourth-order valence-corrected chi connectivity index (χ4v) is 3.37. The molecule has 1 saturated heterocycles. The van der Waals surface area contributed by atoms with Gasteiger partial charge < -0.3 is 50.0 Å². The second-order valence-electron chi connectivity index (χ2n) is 7.60. The van der Waals surface area contributed by atoms with Crippen LogP contribution in [-0.4, -0.2) is 85.6 Å². The Morgan fingerprint density at radius 3 is 2.09 bits per heavy atom. The summed E-state index contributed by atoms with van der Waals surface area (Å²) in [6, 6.07) is 8.03. The van der Waals surface area contributed by atoms with Gasteiger partial charge in [-0.25, -0.2) is 0 Å². The monoisotopic (exact) mass is 466 g/mol. The van der Waals surface area contributed by atoms with Crippen LogP contribution >= 0.6 is 0 Å². The number of aliphatic hydroxyl groups is 3. The van der Waals surface area contributed by atoms with Crippen LogP contribution in [0.4, 0.5) is 0 Å². The number of phenolic OH excluding ortho intramolecular Hbond substituents is 4. The lowest BCUT2D eigenvalue weighted by Crippen LogP contribution is -2.60. The maximum Gasteiger partial charge on any atom is 0.310 e. The molecule has 2 aromatic carbocycles. The number of ether oxygens (including phenoxy) is 3. The summed E-state index contributed by atoms with van der Waals surface area (Å²) in [4.78, 5) is 12.4. The minimum absolute atomic E-state index is 0.00424. The van der Waals surface area contributed by atoms with E-state index in [0.29, 0.717) is 11.1 Å².